The summed E-state index contributed by atoms with van der Waals surface area (Å²) in [5, 5.41) is 0.789. The van der Waals surface area contributed by atoms with Gasteiger partial charge in [-0.05, 0) is 82.1 Å². The maximum atomic E-state index is 14.4. The molecule has 0 unspecified atom stereocenters. The summed E-state index contributed by atoms with van der Waals surface area (Å²) in [6.45, 7) is 7.56. The summed E-state index contributed by atoms with van der Waals surface area (Å²) in [6.07, 6.45) is 4.45. The minimum absolute atomic E-state index is 0. The van der Waals surface area contributed by atoms with Crippen LogP contribution in [0.25, 0.3) is 10.9 Å². The Labute approximate surface area is 187 Å². The third-order valence-corrected chi connectivity index (χ3v) is 5.86. The molecule has 0 atom stereocenters. The predicted molar refractivity (Wildman–Crippen MR) is 110 cm³/mol. The first-order valence-corrected chi connectivity index (χ1v) is 10.5. The van der Waals surface area contributed by atoms with Crippen LogP contribution in [-0.2, 0) is 28.4 Å². The van der Waals surface area contributed by atoms with Crippen molar-refractivity contribution in [2.75, 3.05) is 13.1 Å². The number of halogens is 1. The Kier molecular flexibility index (Phi) is 6.63. The summed E-state index contributed by atoms with van der Waals surface area (Å²) in [4.78, 5) is 25.7. The molecular weight excluding hydrogens is 426 g/mol. The van der Waals surface area contributed by atoms with E-state index in [1.807, 2.05) is 20.8 Å². The average Bonchev–Trinajstić information content (AvgIpc) is 3.40. The normalized spacial score (nSPS) is 17.7. The molecule has 0 bridgehead atoms. The Morgan fingerprint density at radius 2 is 1.83 bits per heavy atom. The van der Waals surface area contributed by atoms with E-state index in [2.05, 4.69) is 4.57 Å². The molecule has 1 aromatic carbocycles. The van der Waals surface area contributed by atoms with Crippen molar-refractivity contribution in [3.05, 3.63) is 35.3 Å². The topological polar surface area (TPSA) is 51.5 Å². The summed E-state index contributed by atoms with van der Waals surface area (Å²) < 4.78 is 21.9. The van der Waals surface area contributed by atoms with Gasteiger partial charge in [-0.1, -0.05) is 0 Å². The smallest absolute Gasteiger partial charge is 0.410 e. The van der Waals surface area contributed by atoms with Crippen LogP contribution in [0, 0.1) is 11.7 Å². The zero-order valence-electron chi connectivity index (χ0n) is 17.8. The Morgan fingerprint density at radius 1 is 1.17 bits per heavy atom. The molecule has 1 aliphatic carbocycles. The van der Waals surface area contributed by atoms with E-state index < -0.39 is 5.60 Å². The van der Waals surface area contributed by atoms with Gasteiger partial charge in [0.1, 0.15) is 11.4 Å². The molecule has 0 spiro atoms. The first-order chi connectivity index (χ1) is 13.7. The summed E-state index contributed by atoms with van der Waals surface area (Å²) in [7, 11) is 0. The summed E-state index contributed by atoms with van der Waals surface area (Å²) in [6, 6.07) is 4.94. The third kappa shape index (κ3) is 4.89. The van der Waals surface area contributed by atoms with E-state index in [0.717, 1.165) is 42.1 Å². The molecule has 1 saturated carbocycles. The van der Waals surface area contributed by atoms with E-state index in [1.54, 1.807) is 17.0 Å². The van der Waals surface area contributed by atoms with Gasteiger partial charge in [0.25, 0.3) is 0 Å². The minimum Gasteiger partial charge on any atom is -0.444 e. The SMILES string of the molecule is CC(C)(C)OC(=O)N1CCC(c2cc(F)cc3cc(C=O)n(CC4CC4)c23)CC1.[Mn]. The van der Waals surface area contributed by atoms with E-state index in [4.69, 9.17) is 4.74 Å². The molecule has 1 aliphatic heterocycles. The van der Waals surface area contributed by atoms with Gasteiger partial charge in [-0.25, -0.2) is 9.18 Å². The van der Waals surface area contributed by atoms with Crippen LogP contribution in [0.2, 0.25) is 0 Å². The number of carbonyl (C=O) groups excluding carboxylic acids is 2. The quantitative estimate of drug-likeness (QED) is 0.475. The van der Waals surface area contributed by atoms with E-state index >= 15 is 0 Å². The molecular formula is C23H29FMnN2O3. The van der Waals surface area contributed by atoms with Crippen molar-refractivity contribution >= 4 is 23.3 Å². The van der Waals surface area contributed by atoms with E-state index in [1.165, 1.54) is 18.9 Å². The summed E-state index contributed by atoms with van der Waals surface area (Å²) in [5.41, 5.74) is 2.04. The van der Waals surface area contributed by atoms with Crippen LogP contribution in [0.15, 0.2) is 18.2 Å². The molecule has 1 aromatic heterocycles. The number of rotatable bonds is 4. The van der Waals surface area contributed by atoms with Crippen molar-refractivity contribution in [2.24, 2.45) is 5.92 Å². The monoisotopic (exact) mass is 455 g/mol. The zero-order chi connectivity index (χ0) is 20.8. The zero-order valence-corrected chi connectivity index (χ0v) is 19.0. The van der Waals surface area contributed by atoms with Crippen molar-refractivity contribution in [1.29, 1.82) is 0 Å². The fourth-order valence-corrected chi connectivity index (χ4v) is 4.29. The van der Waals surface area contributed by atoms with Crippen LogP contribution in [0.4, 0.5) is 9.18 Å². The standard InChI is InChI=1S/C23H29FN2O3.Mn/c1-23(2,3)29-22(28)25-8-6-16(7-9-25)20-12-18(24)10-17-11-19(14-27)26(21(17)20)13-15-4-5-15;/h10-12,14-16H,4-9,13H2,1-3H3;. The van der Waals surface area contributed by atoms with Gasteiger partial charge in [-0.3, -0.25) is 4.79 Å². The molecule has 163 valence electrons. The molecule has 5 nitrogen and oxygen atoms in total. The number of piperidine rings is 1. The molecule has 4 rings (SSSR count). The number of carbonyl (C=O) groups is 2. The molecule has 2 aliphatic rings. The molecule has 0 N–H and O–H groups in total. The predicted octanol–water partition coefficient (Wildman–Crippen LogP) is 5.11. The Hall–Kier alpha value is -1.85. The number of fused-ring (bicyclic) bond motifs is 1. The first kappa shape index (κ1) is 22.8. The molecule has 7 heteroatoms. The maximum Gasteiger partial charge on any atom is 0.410 e. The van der Waals surface area contributed by atoms with Crippen LogP contribution in [0.5, 0.6) is 0 Å². The number of aromatic nitrogens is 1. The molecule has 1 radical (unpaired) electrons. The Morgan fingerprint density at radius 3 is 2.40 bits per heavy atom. The minimum atomic E-state index is -0.516. The fourth-order valence-electron chi connectivity index (χ4n) is 4.29. The Balaban J connectivity index is 0.00000256. The number of nitrogens with zero attached hydrogens (tertiary/aromatic N) is 2. The first-order valence-electron chi connectivity index (χ1n) is 10.5. The van der Waals surface area contributed by atoms with Gasteiger partial charge in [-0.2, -0.15) is 0 Å². The van der Waals surface area contributed by atoms with Crippen molar-refractivity contribution in [3.63, 3.8) is 0 Å². The number of hydrogen-bond donors (Lipinski definition) is 0. The van der Waals surface area contributed by atoms with Crippen molar-refractivity contribution in [2.45, 2.75) is 64.5 Å². The van der Waals surface area contributed by atoms with Gasteiger partial charge < -0.3 is 14.2 Å². The number of likely N-dealkylation sites (tertiary alicyclic amines) is 1. The maximum absolute atomic E-state index is 14.4. The second-order valence-corrected chi connectivity index (χ2v) is 9.42. The van der Waals surface area contributed by atoms with Crippen molar-refractivity contribution in [3.8, 4) is 0 Å². The van der Waals surface area contributed by atoms with Gasteiger partial charge >= 0.3 is 6.09 Å². The van der Waals surface area contributed by atoms with Crippen LogP contribution in [0.3, 0.4) is 0 Å². The van der Waals surface area contributed by atoms with E-state index in [9.17, 15) is 14.0 Å². The van der Waals surface area contributed by atoms with Crippen LogP contribution >= 0.6 is 0 Å². The van der Waals surface area contributed by atoms with Crippen LogP contribution in [0.1, 0.15) is 68.4 Å². The van der Waals surface area contributed by atoms with Gasteiger partial charge in [0, 0.05) is 42.1 Å². The van der Waals surface area contributed by atoms with Gasteiger partial charge in [0.2, 0.25) is 0 Å². The van der Waals surface area contributed by atoms with E-state index in [0.29, 0.717) is 24.7 Å². The van der Waals surface area contributed by atoms with Crippen molar-refractivity contribution < 1.29 is 35.8 Å². The van der Waals surface area contributed by atoms with E-state index in [-0.39, 0.29) is 34.9 Å². The molecule has 1 saturated heterocycles. The second-order valence-electron chi connectivity index (χ2n) is 9.42. The average molecular weight is 455 g/mol. The number of hydrogen-bond acceptors (Lipinski definition) is 3. The molecule has 30 heavy (non-hydrogen) atoms. The number of benzene rings is 1. The van der Waals surface area contributed by atoms with Gasteiger partial charge in [0.05, 0.1) is 11.2 Å². The second kappa shape index (κ2) is 8.72. The number of amides is 1. The number of ether oxygens (including phenoxy) is 1. The van der Waals surface area contributed by atoms with Crippen LogP contribution < -0.4 is 0 Å². The molecule has 2 aromatic rings. The van der Waals surface area contributed by atoms with Gasteiger partial charge in [-0.15, -0.1) is 0 Å². The Bertz CT molecular complexity index is 938. The number of aldehydes is 1. The van der Waals surface area contributed by atoms with Crippen LogP contribution in [-0.4, -0.2) is 40.5 Å². The molecule has 2 heterocycles. The summed E-state index contributed by atoms with van der Waals surface area (Å²) in [5.74, 6) is 0.485. The fraction of sp³-hybridized carbons (Fsp3) is 0.565. The summed E-state index contributed by atoms with van der Waals surface area (Å²) >= 11 is 0. The third-order valence-electron chi connectivity index (χ3n) is 5.86. The van der Waals surface area contributed by atoms with Crippen molar-refractivity contribution in [1.82, 2.24) is 9.47 Å². The molecule has 2 fully saturated rings. The van der Waals surface area contributed by atoms with Gasteiger partial charge in [0.15, 0.2) is 6.29 Å². The largest absolute Gasteiger partial charge is 0.444 e. The molecule has 1 amide bonds.